The first-order valence-electron chi connectivity index (χ1n) is 5.97. The van der Waals surface area contributed by atoms with Crippen LogP contribution in [-0.4, -0.2) is 26.1 Å². The first kappa shape index (κ1) is 15.6. The Hall–Kier alpha value is -0.480. The predicted octanol–water partition coefficient (Wildman–Crippen LogP) is 4.16. The second-order valence-electron chi connectivity index (χ2n) is 3.58. The smallest absolute Gasteiger partial charge is 0.160 e. The van der Waals surface area contributed by atoms with Gasteiger partial charge in [0.1, 0.15) is 5.75 Å². The van der Waals surface area contributed by atoms with E-state index >= 15 is 0 Å². The fraction of sp³-hybridized carbons (Fsp3) is 0.538. The van der Waals surface area contributed by atoms with Crippen LogP contribution >= 0.6 is 23.2 Å². The summed E-state index contributed by atoms with van der Waals surface area (Å²) < 4.78 is 16.4. The van der Waals surface area contributed by atoms with Gasteiger partial charge >= 0.3 is 0 Å². The normalized spacial score (nSPS) is 10.9. The average molecular weight is 293 g/mol. The molecule has 0 saturated heterocycles. The summed E-state index contributed by atoms with van der Waals surface area (Å²) in [6, 6.07) is 5.12. The first-order chi connectivity index (χ1) is 8.65. The van der Waals surface area contributed by atoms with E-state index < -0.39 is 0 Å². The maximum Gasteiger partial charge on any atom is 0.160 e. The quantitative estimate of drug-likeness (QED) is 0.673. The Morgan fingerprint density at radius 3 is 2.06 bits per heavy atom. The molecule has 1 rings (SSSR count). The van der Waals surface area contributed by atoms with Crippen LogP contribution in [-0.2, 0) is 9.47 Å². The summed E-state index contributed by atoms with van der Waals surface area (Å²) >= 11 is 11.8. The largest absolute Gasteiger partial charge is 0.493 e. The average Bonchev–Trinajstić information content (AvgIpc) is 2.28. The van der Waals surface area contributed by atoms with E-state index in [1.807, 2.05) is 13.8 Å². The lowest BCUT2D eigenvalue weighted by atomic mass is 10.3. The van der Waals surface area contributed by atoms with Gasteiger partial charge in [0.25, 0.3) is 0 Å². The molecule has 0 N–H and O–H groups in total. The predicted molar refractivity (Wildman–Crippen MR) is 73.6 cm³/mol. The Balaban J connectivity index is 2.39. The molecular formula is C13H18Cl2O3. The number of benzene rings is 1. The molecule has 18 heavy (non-hydrogen) atoms. The molecule has 0 unspecified atom stereocenters. The van der Waals surface area contributed by atoms with Crippen LogP contribution in [0, 0.1) is 0 Å². The number of rotatable bonds is 8. The van der Waals surface area contributed by atoms with Crippen molar-refractivity contribution >= 4 is 23.2 Å². The third-order valence-corrected chi connectivity index (χ3v) is 2.60. The molecule has 3 nitrogen and oxygen atoms in total. The minimum absolute atomic E-state index is 0.227. The third-order valence-electron chi connectivity index (χ3n) is 2.16. The number of hydrogen-bond acceptors (Lipinski definition) is 3. The van der Waals surface area contributed by atoms with E-state index in [1.54, 1.807) is 18.2 Å². The fourth-order valence-corrected chi connectivity index (χ4v) is 1.98. The van der Waals surface area contributed by atoms with Gasteiger partial charge in [-0.3, -0.25) is 0 Å². The van der Waals surface area contributed by atoms with Crippen molar-refractivity contribution in [1.82, 2.24) is 0 Å². The molecular weight excluding hydrogens is 275 g/mol. The van der Waals surface area contributed by atoms with Crippen molar-refractivity contribution in [2.75, 3.05) is 19.8 Å². The molecule has 0 spiro atoms. The van der Waals surface area contributed by atoms with Crippen molar-refractivity contribution in [3.8, 4) is 5.75 Å². The lowest BCUT2D eigenvalue weighted by Crippen LogP contribution is -2.20. The zero-order valence-corrected chi connectivity index (χ0v) is 12.1. The molecule has 0 aliphatic carbocycles. The zero-order valence-electron chi connectivity index (χ0n) is 10.6. The minimum Gasteiger partial charge on any atom is -0.493 e. The molecule has 0 aliphatic rings. The van der Waals surface area contributed by atoms with E-state index in [0.717, 1.165) is 0 Å². The highest BCUT2D eigenvalue weighted by molar-refractivity contribution is 6.34. The third kappa shape index (κ3) is 5.91. The van der Waals surface area contributed by atoms with Crippen LogP contribution in [0.25, 0.3) is 0 Å². The lowest BCUT2D eigenvalue weighted by molar-refractivity contribution is -0.142. The van der Waals surface area contributed by atoms with Crippen LogP contribution in [0.2, 0.25) is 10.0 Å². The number of hydrogen-bond donors (Lipinski definition) is 0. The highest BCUT2D eigenvalue weighted by Gasteiger charge is 2.08. The van der Waals surface area contributed by atoms with Crippen LogP contribution in [0.1, 0.15) is 20.3 Å². The van der Waals surface area contributed by atoms with E-state index in [-0.39, 0.29) is 6.29 Å². The van der Waals surface area contributed by atoms with E-state index in [4.69, 9.17) is 37.4 Å². The Labute approximate surface area is 118 Å². The molecule has 0 radical (unpaired) electrons. The van der Waals surface area contributed by atoms with Crippen molar-refractivity contribution in [2.45, 2.75) is 26.6 Å². The van der Waals surface area contributed by atoms with Crippen molar-refractivity contribution < 1.29 is 14.2 Å². The molecule has 5 heteroatoms. The van der Waals surface area contributed by atoms with Crippen LogP contribution in [0.3, 0.4) is 0 Å². The monoisotopic (exact) mass is 292 g/mol. The topological polar surface area (TPSA) is 27.7 Å². The molecule has 0 aromatic heterocycles. The number of ether oxygens (including phenoxy) is 3. The molecule has 1 aromatic rings. The van der Waals surface area contributed by atoms with Gasteiger partial charge in [-0.15, -0.1) is 0 Å². The summed E-state index contributed by atoms with van der Waals surface area (Å²) in [5.41, 5.74) is 0. The van der Waals surface area contributed by atoms with E-state index in [0.29, 0.717) is 42.0 Å². The van der Waals surface area contributed by atoms with Crippen LogP contribution in [0.4, 0.5) is 0 Å². The fourth-order valence-electron chi connectivity index (χ4n) is 1.47. The molecule has 0 fully saturated rings. The minimum atomic E-state index is -0.227. The maximum absolute atomic E-state index is 5.88. The molecule has 0 heterocycles. The van der Waals surface area contributed by atoms with E-state index in [9.17, 15) is 0 Å². The summed E-state index contributed by atoms with van der Waals surface area (Å²) in [5.74, 6) is 0.652. The Morgan fingerprint density at radius 2 is 1.56 bits per heavy atom. The standard InChI is InChI=1S/C13H18Cl2O3/c1-3-16-13(17-4-2)5-6-18-12-8-10(14)7-11(15)9-12/h7-9,13H,3-6H2,1-2H3. The molecule has 1 aromatic carbocycles. The Kier molecular flexibility index (Phi) is 7.44. The van der Waals surface area contributed by atoms with Crippen LogP contribution < -0.4 is 4.74 Å². The highest BCUT2D eigenvalue weighted by atomic mass is 35.5. The second-order valence-corrected chi connectivity index (χ2v) is 4.46. The molecule has 0 amide bonds. The second kappa shape index (κ2) is 8.59. The summed E-state index contributed by atoms with van der Waals surface area (Å²) in [6.45, 7) is 5.59. The van der Waals surface area contributed by atoms with Gasteiger partial charge in [-0.05, 0) is 32.0 Å². The van der Waals surface area contributed by atoms with Gasteiger partial charge in [0.2, 0.25) is 0 Å². The van der Waals surface area contributed by atoms with Gasteiger partial charge in [-0.1, -0.05) is 23.2 Å². The summed E-state index contributed by atoms with van der Waals surface area (Å²) in [6.07, 6.45) is 0.431. The van der Waals surface area contributed by atoms with Gasteiger partial charge in [0.05, 0.1) is 6.61 Å². The van der Waals surface area contributed by atoms with Crippen molar-refractivity contribution in [2.24, 2.45) is 0 Å². The van der Waals surface area contributed by atoms with Gasteiger partial charge in [0.15, 0.2) is 6.29 Å². The first-order valence-corrected chi connectivity index (χ1v) is 6.73. The Morgan fingerprint density at radius 1 is 1.00 bits per heavy atom. The van der Waals surface area contributed by atoms with Crippen molar-refractivity contribution in [3.05, 3.63) is 28.2 Å². The van der Waals surface area contributed by atoms with Gasteiger partial charge < -0.3 is 14.2 Å². The van der Waals surface area contributed by atoms with Gasteiger partial charge in [-0.25, -0.2) is 0 Å². The molecule has 0 saturated carbocycles. The highest BCUT2D eigenvalue weighted by Crippen LogP contribution is 2.24. The lowest BCUT2D eigenvalue weighted by Gasteiger charge is -2.17. The number of halogens is 2. The van der Waals surface area contributed by atoms with Gasteiger partial charge in [-0.2, -0.15) is 0 Å². The Bertz CT molecular complexity index is 332. The van der Waals surface area contributed by atoms with Crippen LogP contribution in [0.5, 0.6) is 5.75 Å². The molecule has 102 valence electrons. The summed E-state index contributed by atoms with van der Waals surface area (Å²) in [7, 11) is 0. The van der Waals surface area contributed by atoms with E-state index in [2.05, 4.69) is 0 Å². The SMILES string of the molecule is CCOC(CCOc1cc(Cl)cc(Cl)c1)OCC. The summed E-state index contributed by atoms with van der Waals surface area (Å²) in [5, 5.41) is 1.12. The van der Waals surface area contributed by atoms with E-state index in [1.165, 1.54) is 0 Å². The van der Waals surface area contributed by atoms with Crippen molar-refractivity contribution in [1.29, 1.82) is 0 Å². The maximum atomic E-state index is 5.88. The van der Waals surface area contributed by atoms with Crippen LogP contribution in [0.15, 0.2) is 18.2 Å². The van der Waals surface area contributed by atoms with Gasteiger partial charge in [0, 0.05) is 29.7 Å². The molecule has 0 aliphatic heterocycles. The zero-order chi connectivity index (χ0) is 13.4. The molecule has 0 atom stereocenters. The van der Waals surface area contributed by atoms with Crippen molar-refractivity contribution in [3.63, 3.8) is 0 Å². The molecule has 0 bridgehead atoms. The summed E-state index contributed by atoms with van der Waals surface area (Å²) in [4.78, 5) is 0.